The van der Waals surface area contributed by atoms with Crippen LogP contribution in [-0.4, -0.2) is 34.5 Å². The number of halogens is 1. The fraction of sp³-hybridized carbons (Fsp3) is 0.240. The average molecular weight is 479 g/mol. The normalized spacial score (nSPS) is 22.2. The quantitative estimate of drug-likeness (QED) is 0.510. The summed E-state index contributed by atoms with van der Waals surface area (Å²) in [5.74, 6) is 3.85. The van der Waals surface area contributed by atoms with E-state index in [0.29, 0.717) is 34.6 Å². The molecule has 35 heavy (non-hydrogen) atoms. The fourth-order valence-corrected chi connectivity index (χ4v) is 4.77. The predicted molar refractivity (Wildman–Crippen MR) is 121 cm³/mol. The number of benzene rings is 2. The van der Waals surface area contributed by atoms with Crippen molar-refractivity contribution in [3.8, 4) is 5.75 Å². The molecule has 0 spiro atoms. The number of hydrogen-bond donors (Lipinski definition) is 2. The van der Waals surface area contributed by atoms with Gasteiger partial charge in [0.15, 0.2) is 12.5 Å². The van der Waals surface area contributed by atoms with E-state index in [9.17, 15) is 19.2 Å². The summed E-state index contributed by atoms with van der Waals surface area (Å²) in [5, 5.41) is 13.0. The first kappa shape index (κ1) is 22.8. The molecule has 1 fully saturated rings. The summed E-state index contributed by atoms with van der Waals surface area (Å²) in [6, 6.07) is 9.35. The smallest absolute Gasteiger partial charge is 0.356 e. The Bertz CT molecular complexity index is 1320. The molecule has 1 atom stereocenters. The van der Waals surface area contributed by atoms with Crippen LogP contribution in [0.25, 0.3) is 5.57 Å². The van der Waals surface area contributed by atoms with Crippen LogP contribution in [-0.2, 0) is 27.5 Å². The van der Waals surface area contributed by atoms with Crippen molar-refractivity contribution in [2.24, 2.45) is 16.5 Å². The van der Waals surface area contributed by atoms with Crippen LogP contribution in [0.15, 0.2) is 59.4 Å². The lowest BCUT2D eigenvalue weighted by molar-refractivity contribution is -0.121. The molecule has 180 valence electrons. The van der Waals surface area contributed by atoms with Crippen molar-refractivity contribution in [3.63, 3.8) is 0 Å². The van der Waals surface area contributed by atoms with E-state index in [1.54, 1.807) is 24.3 Å². The third-order valence-corrected chi connectivity index (χ3v) is 6.59. The van der Waals surface area contributed by atoms with Crippen molar-refractivity contribution in [2.75, 3.05) is 6.79 Å². The number of likely N-dealkylation sites (tertiary alicyclic amines) is 1. The molecule has 0 radical (unpaired) electrons. The van der Waals surface area contributed by atoms with Crippen molar-refractivity contribution in [3.05, 3.63) is 82.3 Å². The van der Waals surface area contributed by atoms with E-state index in [1.807, 2.05) is 19.1 Å². The highest BCUT2D eigenvalue weighted by Gasteiger charge is 2.52. The molecule has 2 aromatic rings. The van der Waals surface area contributed by atoms with Crippen molar-refractivity contribution in [1.29, 1.82) is 0 Å². The Labute approximate surface area is 199 Å². The summed E-state index contributed by atoms with van der Waals surface area (Å²) in [6.45, 7) is 2.08. The van der Waals surface area contributed by atoms with Gasteiger partial charge in [0.05, 0.1) is 24.1 Å². The zero-order chi connectivity index (χ0) is 24.7. The van der Waals surface area contributed by atoms with Gasteiger partial charge >= 0.3 is 5.97 Å². The minimum Gasteiger partial charge on any atom is -0.467 e. The molecule has 3 N–H and O–H groups in total. The van der Waals surface area contributed by atoms with Gasteiger partial charge in [-0.25, -0.2) is 9.18 Å². The van der Waals surface area contributed by atoms with Gasteiger partial charge in [0.2, 0.25) is 0 Å². The summed E-state index contributed by atoms with van der Waals surface area (Å²) in [5.41, 5.74) is 2.73. The number of nitrogens with zero attached hydrogens (tertiary/aromatic N) is 2. The van der Waals surface area contributed by atoms with Crippen LogP contribution >= 0.6 is 0 Å². The zero-order valence-electron chi connectivity index (χ0n) is 18.8. The number of carbonyl (C=O) groups excluding carboxylic acids is 2. The molecule has 0 saturated carbocycles. The second-order valence-electron chi connectivity index (χ2n) is 8.71. The lowest BCUT2D eigenvalue weighted by Crippen LogP contribution is -2.27. The summed E-state index contributed by atoms with van der Waals surface area (Å²) in [4.78, 5) is 30.7. The molecule has 10 heteroatoms. The molecular weight excluding hydrogens is 457 g/mol. The SMILES string of the molecule is CC12CC=C(c3ccc(C(=O)ON)cc3)C=C1N(Cc1cc(F)cc3c1OCOC3)C(=O)/C2=N\O. The molecule has 5 rings (SSSR count). The monoisotopic (exact) mass is 479 g/mol. The predicted octanol–water partition coefficient (Wildman–Crippen LogP) is 3.27. The number of amides is 1. The minimum atomic E-state index is -0.865. The third-order valence-electron chi connectivity index (χ3n) is 6.59. The largest absolute Gasteiger partial charge is 0.467 e. The number of rotatable bonds is 4. The van der Waals surface area contributed by atoms with Gasteiger partial charge in [0.1, 0.15) is 11.6 Å². The van der Waals surface area contributed by atoms with Crippen LogP contribution in [0.1, 0.15) is 40.4 Å². The molecule has 0 aromatic heterocycles. The van der Waals surface area contributed by atoms with Crippen LogP contribution in [0.5, 0.6) is 5.75 Å². The van der Waals surface area contributed by atoms with Gasteiger partial charge in [-0.3, -0.25) is 4.79 Å². The first-order valence-electron chi connectivity index (χ1n) is 10.9. The lowest BCUT2D eigenvalue weighted by Gasteiger charge is -2.31. The number of nitrogens with two attached hydrogens (primary N) is 1. The molecular formula is C25H22FN3O6. The average Bonchev–Trinajstić information content (AvgIpc) is 3.08. The topological polar surface area (TPSA) is 124 Å². The van der Waals surface area contributed by atoms with E-state index in [2.05, 4.69) is 9.99 Å². The Morgan fingerprint density at radius 3 is 2.80 bits per heavy atom. The zero-order valence-corrected chi connectivity index (χ0v) is 18.8. The number of oxime groups is 1. The highest BCUT2D eigenvalue weighted by Crippen LogP contribution is 2.48. The minimum absolute atomic E-state index is 0.00890. The fourth-order valence-electron chi connectivity index (χ4n) is 4.77. The van der Waals surface area contributed by atoms with E-state index in [-0.39, 0.29) is 25.7 Å². The lowest BCUT2D eigenvalue weighted by atomic mass is 9.76. The van der Waals surface area contributed by atoms with Crippen LogP contribution in [0, 0.1) is 11.2 Å². The summed E-state index contributed by atoms with van der Waals surface area (Å²) < 4.78 is 25.2. The van der Waals surface area contributed by atoms with E-state index in [4.69, 9.17) is 15.4 Å². The van der Waals surface area contributed by atoms with Crippen molar-refractivity contribution < 1.29 is 33.5 Å². The van der Waals surface area contributed by atoms with Gasteiger partial charge in [0.25, 0.3) is 5.91 Å². The van der Waals surface area contributed by atoms with Gasteiger partial charge < -0.3 is 24.4 Å². The first-order chi connectivity index (χ1) is 16.9. The molecule has 1 saturated heterocycles. The summed E-state index contributed by atoms with van der Waals surface area (Å²) in [6.07, 6.45) is 4.17. The van der Waals surface area contributed by atoms with E-state index in [0.717, 1.165) is 11.1 Å². The Hall–Kier alpha value is -4.02. The van der Waals surface area contributed by atoms with Crippen LogP contribution in [0.2, 0.25) is 0 Å². The maximum atomic E-state index is 14.3. The van der Waals surface area contributed by atoms with Crippen molar-refractivity contribution >= 4 is 23.2 Å². The Kier molecular flexibility index (Phi) is 5.62. The van der Waals surface area contributed by atoms with Crippen LogP contribution in [0.4, 0.5) is 4.39 Å². The molecule has 9 nitrogen and oxygen atoms in total. The van der Waals surface area contributed by atoms with Gasteiger partial charge in [-0.1, -0.05) is 23.4 Å². The Balaban J connectivity index is 1.53. The number of ether oxygens (including phenoxy) is 2. The van der Waals surface area contributed by atoms with E-state index < -0.39 is 23.1 Å². The van der Waals surface area contributed by atoms with Gasteiger partial charge in [-0.05, 0) is 54.8 Å². The standard InChI is InChI=1S/C25H22FN3O6/c1-25-7-6-16(14-2-4-15(5-3-14)24(31)35-27)10-20(25)29(23(30)22(25)28-32)11-17-8-19(26)9-18-12-33-13-34-21(17)18/h2-6,8-10,32H,7,11-13,27H2,1H3/b28-22+. The molecule has 2 aliphatic heterocycles. The molecule has 1 aliphatic carbocycles. The van der Waals surface area contributed by atoms with Crippen LogP contribution in [0.3, 0.4) is 0 Å². The number of carbonyl (C=O) groups is 2. The maximum Gasteiger partial charge on any atom is 0.356 e. The number of fused-ring (bicyclic) bond motifs is 2. The number of hydrogen-bond acceptors (Lipinski definition) is 8. The van der Waals surface area contributed by atoms with Crippen LogP contribution < -0.4 is 10.6 Å². The molecule has 2 heterocycles. The molecule has 3 aliphatic rings. The van der Waals surface area contributed by atoms with Gasteiger partial charge in [0, 0.05) is 16.8 Å². The number of allylic oxidation sites excluding steroid dienone is 4. The second kappa shape index (κ2) is 8.64. The van der Waals surface area contributed by atoms with Crippen molar-refractivity contribution in [2.45, 2.75) is 26.5 Å². The van der Waals surface area contributed by atoms with E-state index in [1.165, 1.54) is 17.0 Å². The third kappa shape index (κ3) is 3.76. The molecule has 1 amide bonds. The first-order valence-corrected chi connectivity index (χ1v) is 10.9. The molecule has 0 bridgehead atoms. The van der Waals surface area contributed by atoms with Gasteiger partial charge in [-0.15, -0.1) is 0 Å². The summed E-state index contributed by atoms with van der Waals surface area (Å²) >= 11 is 0. The summed E-state index contributed by atoms with van der Waals surface area (Å²) in [7, 11) is 0. The van der Waals surface area contributed by atoms with Gasteiger partial charge in [-0.2, -0.15) is 5.90 Å². The highest BCUT2D eigenvalue weighted by atomic mass is 19.1. The maximum absolute atomic E-state index is 14.3. The Morgan fingerprint density at radius 2 is 2.09 bits per heavy atom. The molecule has 1 unspecified atom stereocenters. The van der Waals surface area contributed by atoms with Crippen molar-refractivity contribution in [1.82, 2.24) is 4.90 Å². The second-order valence-corrected chi connectivity index (χ2v) is 8.71. The molecule has 2 aromatic carbocycles. The highest BCUT2D eigenvalue weighted by molar-refractivity contribution is 6.44. The van der Waals surface area contributed by atoms with E-state index >= 15 is 0 Å². The Morgan fingerprint density at radius 1 is 1.31 bits per heavy atom.